The van der Waals surface area contributed by atoms with E-state index in [0.29, 0.717) is 18.1 Å². The van der Waals surface area contributed by atoms with E-state index in [2.05, 4.69) is 6.92 Å². The summed E-state index contributed by atoms with van der Waals surface area (Å²) in [7, 11) is 0. The molecule has 4 atom stereocenters. The highest BCUT2D eigenvalue weighted by molar-refractivity contribution is 5.83. The molecule has 14 heavy (non-hydrogen) atoms. The van der Waals surface area contributed by atoms with Gasteiger partial charge < -0.3 is 5.11 Å². The Bertz CT molecular complexity index is 224. The molecule has 0 amide bonds. The first-order valence-corrected chi connectivity index (χ1v) is 5.89. The van der Waals surface area contributed by atoms with Crippen molar-refractivity contribution >= 4 is 5.78 Å². The lowest BCUT2D eigenvalue weighted by Crippen LogP contribution is -2.30. The Balaban J connectivity index is 1.94. The molecule has 0 saturated heterocycles. The first-order chi connectivity index (χ1) is 6.68. The minimum absolute atomic E-state index is 0.0229. The van der Waals surface area contributed by atoms with Gasteiger partial charge in [0.1, 0.15) is 5.78 Å². The second-order valence-corrected chi connectivity index (χ2v) is 5.13. The van der Waals surface area contributed by atoms with Crippen LogP contribution in [0.5, 0.6) is 0 Å². The van der Waals surface area contributed by atoms with Crippen molar-refractivity contribution in [2.45, 2.75) is 51.6 Å². The van der Waals surface area contributed by atoms with Gasteiger partial charge >= 0.3 is 0 Å². The van der Waals surface area contributed by atoms with E-state index >= 15 is 0 Å². The Labute approximate surface area is 85.7 Å². The fourth-order valence-electron chi connectivity index (χ4n) is 3.09. The van der Waals surface area contributed by atoms with Crippen LogP contribution in [0.25, 0.3) is 0 Å². The van der Waals surface area contributed by atoms with Crippen molar-refractivity contribution in [3.8, 4) is 0 Å². The molecule has 2 aliphatic rings. The summed E-state index contributed by atoms with van der Waals surface area (Å²) in [5, 5.41) is 10.1. The molecule has 2 nitrogen and oxygen atoms in total. The third-order valence-corrected chi connectivity index (χ3v) is 3.98. The molecule has 1 N–H and O–H groups in total. The second kappa shape index (κ2) is 4.01. The monoisotopic (exact) mass is 196 g/mol. The fraction of sp³-hybridized carbons (Fsp3) is 0.917. The van der Waals surface area contributed by atoms with E-state index in [0.717, 1.165) is 31.6 Å². The van der Waals surface area contributed by atoms with Crippen LogP contribution in [0.4, 0.5) is 0 Å². The molecule has 2 saturated carbocycles. The standard InChI is InChI=1S/C12H20O2/c1-8-5-6-9(7-8)12(14)10-3-2-4-11(10)13/h8-10,12,14H,2-7H2,1H3/t8-,9-,10+,12-/m0/s1. The number of rotatable bonds is 2. The maximum Gasteiger partial charge on any atom is 0.138 e. The number of hydrogen-bond acceptors (Lipinski definition) is 2. The van der Waals surface area contributed by atoms with E-state index in [1.165, 1.54) is 6.42 Å². The van der Waals surface area contributed by atoms with Crippen LogP contribution in [0.1, 0.15) is 45.4 Å². The van der Waals surface area contributed by atoms with Gasteiger partial charge in [0.15, 0.2) is 0 Å². The highest BCUT2D eigenvalue weighted by atomic mass is 16.3. The molecule has 0 aromatic heterocycles. The highest BCUT2D eigenvalue weighted by Crippen LogP contribution is 2.38. The zero-order valence-electron chi connectivity index (χ0n) is 8.91. The van der Waals surface area contributed by atoms with Crippen LogP contribution < -0.4 is 0 Å². The summed E-state index contributed by atoms with van der Waals surface area (Å²) < 4.78 is 0. The lowest BCUT2D eigenvalue weighted by Gasteiger charge is -2.22. The summed E-state index contributed by atoms with van der Waals surface area (Å²) >= 11 is 0. The Hall–Kier alpha value is -0.370. The van der Waals surface area contributed by atoms with Gasteiger partial charge in [0.25, 0.3) is 0 Å². The van der Waals surface area contributed by atoms with Crippen LogP contribution in [-0.4, -0.2) is 17.0 Å². The number of hydrogen-bond donors (Lipinski definition) is 1. The predicted octanol–water partition coefficient (Wildman–Crippen LogP) is 2.15. The number of carbonyl (C=O) groups is 1. The van der Waals surface area contributed by atoms with E-state index in [4.69, 9.17) is 0 Å². The molecule has 2 aliphatic carbocycles. The highest BCUT2D eigenvalue weighted by Gasteiger charge is 2.37. The molecule has 0 bridgehead atoms. The van der Waals surface area contributed by atoms with Gasteiger partial charge in [-0.05, 0) is 37.5 Å². The molecule has 0 heterocycles. The quantitative estimate of drug-likeness (QED) is 0.734. The summed E-state index contributed by atoms with van der Waals surface area (Å²) in [5.41, 5.74) is 0. The summed E-state index contributed by atoms with van der Waals surface area (Å²) in [6, 6.07) is 0. The average molecular weight is 196 g/mol. The number of aliphatic hydroxyl groups excluding tert-OH is 1. The maximum absolute atomic E-state index is 11.5. The average Bonchev–Trinajstić information content (AvgIpc) is 2.73. The van der Waals surface area contributed by atoms with E-state index in [-0.39, 0.29) is 12.0 Å². The van der Waals surface area contributed by atoms with Crippen molar-refractivity contribution in [3.63, 3.8) is 0 Å². The van der Waals surface area contributed by atoms with E-state index < -0.39 is 0 Å². The first kappa shape index (κ1) is 10.2. The Morgan fingerprint density at radius 2 is 2.14 bits per heavy atom. The number of ketones is 1. The molecule has 0 unspecified atom stereocenters. The molecule has 2 rings (SSSR count). The topological polar surface area (TPSA) is 37.3 Å². The van der Waals surface area contributed by atoms with Gasteiger partial charge in [-0.3, -0.25) is 4.79 Å². The van der Waals surface area contributed by atoms with E-state index in [1.807, 2.05) is 0 Å². The van der Waals surface area contributed by atoms with Crippen LogP contribution in [0.3, 0.4) is 0 Å². The third kappa shape index (κ3) is 1.85. The summed E-state index contributed by atoms with van der Waals surface area (Å²) in [5.74, 6) is 1.42. The van der Waals surface area contributed by atoms with Gasteiger partial charge in [-0.25, -0.2) is 0 Å². The molecule has 80 valence electrons. The van der Waals surface area contributed by atoms with Gasteiger partial charge in [0.05, 0.1) is 6.10 Å². The van der Waals surface area contributed by atoms with Crippen LogP contribution in [-0.2, 0) is 4.79 Å². The predicted molar refractivity (Wildman–Crippen MR) is 54.9 cm³/mol. The van der Waals surface area contributed by atoms with Crippen molar-refractivity contribution in [1.29, 1.82) is 0 Å². The minimum atomic E-state index is -0.338. The maximum atomic E-state index is 11.5. The number of aliphatic hydroxyl groups is 1. The van der Waals surface area contributed by atoms with E-state index in [9.17, 15) is 9.90 Å². The number of Topliss-reactive ketones (excluding diaryl/α,β-unsaturated/α-hetero) is 1. The zero-order chi connectivity index (χ0) is 10.1. The van der Waals surface area contributed by atoms with Crippen molar-refractivity contribution in [3.05, 3.63) is 0 Å². The van der Waals surface area contributed by atoms with Crippen molar-refractivity contribution < 1.29 is 9.90 Å². The van der Waals surface area contributed by atoms with Gasteiger partial charge in [-0.1, -0.05) is 13.3 Å². The van der Waals surface area contributed by atoms with Gasteiger partial charge in [0.2, 0.25) is 0 Å². The third-order valence-electron chi connectivity index (χ3n) is 3.98. The molecule has 0 aromatic carbocycles. The van der Waals surface area contributed by atoms with E-state index in [1.54, 1.807) is 0 Å². The van der Waals surface area contributed by atoms with Crippen molar-refractivity contribution in [1.82, 2.24) is 0 Å². The molecule has 0 radical (unpaired) electrons. The fourth-order valence-corrected chi connectivity index (χ4v) is 3.09. The van der Waals surface area contributed by atoms with Gasteiger partial charge in [-0.15, -0.1) is 0 Å². The first-order valence-electron chi connectivity index (χ1n) is 5.89. The second-order valence-electron chi connectivity index (χ2n) is 5.13. The molecule has 0 aliphatic heterocycles. The van der Waals surface area contributed by atoms with Crippen molar-refractivity contribution in [2.75, 3.05) is 0 Å². The largest absolute Gasteiger partial charge is 0.392 e. The molecule has 2 fully saturated rings. The van der Waals surface area contributed by atoms with Crippen LogP contribution in [0, 0.1) is 17.8 Å². The molecular weight excluding hydrogens is 176 g/mol. The molecule has 2 heteroatoms. The lowest BCUT2D eigenvalue weighted by molar-refractivity contribution is -0.124. The van der Waals surface area contributed by atoms with Gasteiger partial charge in [-0.2, -0.15) is 0 Å². The number of carbonyl (C=O) groups excluding carboxylic acids is 1. The van der Waals surface area contributed by atoms with Gasteiger partial charge in [0, 0.05) is 12.3 Å². The SMILES string of the molecule is C[C@H]1CC[C@H]([C@H](O)[C@@H]2CCCC2=O)C1. The normalized spacial score (nSPS) is 40.4. The lowest BCUT2D eigenvalue weighted by atomic mass is 9.87. The zero-order valence-corrected chi connectivity index (χ0v) is 8.91. The smallest absolute Gasteiger partial charge is 0.138 e. The molecular formula is C12H20O2. The van der Waals surface area contributed by atoms with Crippen LogP contribution >= 0.6 is 0 Å². The summed E-state index contributed by atoms with van der Waals surface area (Å²) in [6.45, 7) is 2.24. The van der Waals surface area contributed by atoms with Crippen molar-refractivity contribution in [2.24, 2.45) is 17.8 Å². The molecule has 0 spiro atoms. The van der Waals surface area contributed by atoms with Crippen LogP contribution in [0.15, 0.2) is 0 Å². The summed E-state index contributed by atoms with van der Waals surface area (Å²) in [6.07, 6.45) is 5.73. The minimum Gasteiger partial charge on any atom is -0.392 e. The Morgan fingerprint density at radius 1 is 1.36 bits per heavy atom. The summed E-state index contributed by atoms with van der Waals surface area (Å²) in [4.78, 5) is 11.5. The van der Waals surface area contributed by atoms with Crippen LogP contribution in [0.2, 0.25) is 0 Å². The molecule has 0 aromatic rings. The Morgan fingerprint density at radius 3 is 2.64 bits per heavy atom. The Kier molecular flexibility index (Phi) is 2.91.